The van der Waals surface area contributed by atoms with Crippen molar-refractivity contribution in [2.45, 2.75) is 33.2 Å². The van der Waals surface area contributed by atoms with Crippen LogP contribution in [0.2, 0.25) is 0 Å². The highest BCUT2D eigenvalue weighted by molar-refractivity contribution is 9.11. The molecule has 2 N–H and O–H groups in total. The zero-order valence-electron chi connectivity index (χ0n) is 8.17. The maximum Gasteiger partial charge on any atom is 0.111 e. The van der Waals surface area contributed by atoms with Gasteiger partial charge in [-0.3, -0.25) is 0 Å². The van der Waals surface area contributed by atoms with Crippen molar-refractivity contribution in [2.24, 2.45) is 11.7 Å². The van der Waals surface area contributed by atoms with Gasteiger partial charge in [0, 0.05) is 0 Å². The Morgan fingerprint density at radius 3 is 2.54 bits per heavy atom. The molecule has 74 valence electrons. The van der Waals surface area contributed by atoms with Gasteiger partial charge in [-0.1, -0.05) is 20.8 Å². The Hall–Kier alpha value is 0.0700. The Labute approximate surface area is 91.7 Å². The second-order valence-corrected chi connectivity index (χ2v) is 5.74. The van der Waals surface area contributed by atoms with Crippen LogP contribution < -0.4 is 5.73 Å². The van der Waals surface area contributed by atoms with Crippen molar-refractivity contribution >= 4 is 27.3 Å². The maximum absolute atomic E-state index is 6.00. The number of hydrogen-bond acceptors (Lipinski definition) is 3. The quantitative estimate of drug-likeness (QED) is 0.909. The van der Waals surface area contributed by atoms with Crippen molar-refractivity contribution in [2.75, 3.05) is 0 Å². The van der Waals surface area contributed by atoms with E-state index < -0.39 is 0 Å². The second-order valence-electron chi connectivity index (χ2n) is 3.40. The molecule has 1 aromatic heterocycles. The van der Waals surface area contributed by atoms with Crippen LogP contribution in [0.3, 0.4) is 0 Å². The summed E-state index contributed by atoms with van der Waals surface area (Å²) in [7, 11) is 0. The van der Waals surface area contributed by atoms with Crippen LogP contribution in [0.4, 0.5) is 0 Å². The summed E-state index contributed by atoms with van der Waals surface area (Å²) in [5, 5.41) is 1.04. The highest BCUT2D eigenvalue weighted by Gasteiger charge is 2.16. The summed E-state index contributed by atoms with van der Waals surface area (Å²) in [6.07, 6.45) is 0.960. The molecule has 0 fully saturated rings. The first-order chi connectivity index (χ1) is 6.06. The molecule has 13 heavy (non-hydrogen) atoms. The molecular formula is C9H15BrN2S. The van der Waals surface area contributed by atoms with Crippen LogP contribution in [-0.2, 0) is 6.42 Å². The molecule has 0 radical (unpaired) electrons. The third-order valence-corrected chi connectivity index (χ3v) is 3.94. The van der Waals surface area contributed by atoms with Gasteiger partial charge >= 0.3 is 0 Å². The minimum atomic E-state index is 0.0709. The summed E-state index contributed by atoms with van der Waals surface area (Å²) >= 11 is 5.15. The van der Waals surface area contributed by atoms with E-state index in [9.17, 15) is 0 Å². The Bertz CT molecular complexity index is 283. The number of thiazole rings is 1. The molecule has 2 nitrogen and oxygen atoms in total. The van der Waals surface area contributed by atoms with Crippen LogP contribution in [0.15, 0.2) is 3.79 Å². The molecule has 1 heterocycles. The summed E-state index contributed by atoms with van der Waals surface area (Å²) in [4.78, 5) is 4.50. The fourth-order valence-electron chi connectivity index (χ4n) is 0.996. The molecule has 0 spiro atoms. The average Bonchev–Trinajstić information content (AvgIpc) is 2.45. The van der Waals surface area contributed by atoms with Crippen LogP contribution in [0.5, 0.6) is 0 Å². The Kier molecular flexibility index (Phi) is 3.88. The van der Waals surface area contributed by atoms with Crippen molar-refractivity contribution in [1.29, 1.82) is 0 Å². The standard InChI is InChI=1S/C9H15BrN2S/c1-4-6-8(10)13-9(12-6)7(11)5(2)3/h5,7H,4,11H2,1-3H3. The minimum Gasteiger partial charge on any atom is -0.322 e. The van der Waals surface area contributed by atoms with Crippen LogP contribution in [0.1, 0.15) is 37.5 Å². The topological polar surface area (TPSA) is 38.9 Å². The van der Waals surface area contributed by atoms with Gasteiger partial charge in [0.15, 0.2) is 0 Å². The van der Waals surface area contributed by atoms with E-state index in [0.717, 1.165) is 20.9 Å². The number of aromatic nitrogens is 1. The fourth-order valence-corrected chi connectivity index (χ4v) is 2.92. The molecule has 1 aromatic rings. The van der Waals surface area contributed by atoms with Crippen molar-refractivity contribution in [3.05, 3.63) is 14.5 Å². The molecule has 1 atom stereocenters. The lowest BCUT2D eigenvalue weighted by Gasteiger charge is -2.11. The smallest absolute Gasteiger partial charge is 0.111 e. The molecule has 0 aliphatic carbocycles. The van der Waals surface area contributed by atoms with E-state index in [0.29, 0.717) is 5.92 Å². The first kappa shape index (κ1) is 11.1. The minimum absolute atomic E-state index is 0.0709. The predicted octanol–water partition coefficient (Wildman–Crippen LogP) is 3.12. The van der Waals surface area contributed by atoms with Gasteiger partial charge in [0.1, 0.15) is 5.01 Å². The van der Waals surface area contributed by atoms with Gasteiger partial charge in [-0.25, -0.2) is 4.98 Å². The van der Waals surface area contributed by atoms with E-state index in [1.54, 1.807) is 11.3 Å². The van der Waals surface area contributed by atoms with Crippen LogP contribution in [-0.4, -0.2) is 4.98 Å². The molecule has 0 aliphatic heterocycles. The van der Waals surface area contributed by atoms with Crippen molar-refractivity contribution in [3.63, 3.8) is 0 Å². The van der Waals surface area contributed by atoms with E-state index in [-0.39, 0.29) is 6.04 Å². The van der Waals surface area contributed by atoms with Crippen molar-refractivity contribution in [1.82, 2.24) is 4.98 Å². The number of aryl methyl sites for hydroxylation is 1. The molecule has 0 saturated carbocycles. The van der Waals surface area contributed by atoms with Crippen LogP contribution in [0.25, 0.3) is 0 Å². The van der Waals surface area contributed by atoms with Gasteiger partial charge in [0.05, 0.1) is 15.5 Å². The number of nitrogens with two attached hydrogens (primary N) is 1. The lowest BCUT2D eigenvalue weighted by atomic mass is 10.1. The zero-order valence-corrected chi connectivity index (χ0v) is 10.6. The first-order valence-electron chi connectivity index (χ1n) is 4.47. The number of nitrogens with zero attached hydrogens (tertiary/aromatic N) is 1. The lowest BCUT2D eigenvalue weighted by Crippen LogP contribution is -2.16. The Morgan fingerprint density at radius 2 is 2.15 bits per heavy atom. The maximum atomic E-state index is 6.00. The van der Waals surface area contributed by atoms with Gasteiger partial charge in [0.2, 0.25) is 0 Å². The number of hydrogen-bond donors (Lipinski definition) is 1. The monoisotopic (exact) mass is 262 g/mol. The SMILES string of the molecule is CCc1nc(C(N)C(C)C)sc1Br. The second kappa shape index (κ2) is 4.53. The highest BCUT2D eigenvalue weighted by atomic mass is 79.9. The summed E-state index contributed by atoms with van der Waals surface area (Å²) in [6, 6.07) is 0.0709. The van der Waals surface area contributed by atoms with Gasteiger partial charge in [0.25, 0.3) is 0 Å². The summed E-state index contributed by atoms with van der Waals surface area (Å²) in [5.41, 5.74) is 7.12. The predicted molar refractivity (Wildman–Crippen MR) is 61.0 cm³/mol. The van der Waals surface area contributed by atoms with Crippen molar-refractivity contribution < 1.29 is 0 Å². The summed E-state index contributed by atoms with van der Waals surface area (Å²) in [5.74, 6) is 0.447. The van der Waals surface area contributed by atoms with E-state index >= 15 is 0 Å². The average molecular weight is 263 g/mol. The van der Waals surface area contributed by atoms with E-state index in [1.165, 1.54) is 0 Å². The molecule has 0 bridgehead atoms. The molecule has 0 aliphatic rings. The fraction of sp³-hybridized carbons (Fsp3) is 0.667. The summed E-state index contributed by atoms with van der Waals surface area (Å²) < 4.78 is 1.13. The lowest BCUT2D eigenvalue weighted by molar-refractivity contribution is 0.511. The van der Waals surface area contributed by atoms with Gasteiger partial charge in [-0.05, 0) is 28.3 Å². The number of halogens is 1. The first-order valence-corrected chi connectivity index (χ1v) is 6.07. The third-order valence-electron chi connectivity index (χ3n) is 2.00. The third kappa shape index (κ3) is 2.51. The molecule has 0 saturated heterocycles. The normalized spacial score (nSPS) is 13.7. The van der Waals surface area contributed by atoms with Gasteiger partial charge in [-0.2, -0.15) is 0 Å². The molecule has 0 aromatic carbocycles. The van der Waals surface area contributed by atoms with E-state index in [4.69, 9.17) is 5.73 Å². The zero-order chi connectivity index (χ0) is 10.0. The highest BCUT2D eigenvalue weighted by Crippen LogP contribution is 2.30. The molecule has 1 unspecified atom stereocenters. The molecule has 0 amide bonds. The Balaban J connectivity index is 2.90. The number of rotatable bonds is 3. The van der Waals surface area contributed by atoms with E-state index in [1.807, 2.05) is 0 Å². The van der Waals surface area contributed by atoms with Gasteiger partial charge < -0.3 is 5.73 Å². The summed E-state index contributed by atoms with van der Waals surface area (Å²) in [6.45, 7) is 6.33. The largest absolute Gasteiger partial charge is 0.322 e. The Morgan fingerprint density at radius 1 is 1.54 bits per heavy atom. The molecular weight excluding hydrogens is 248 g/mol. The van der Waals surface area contributed by atoms with Gasteiger partial charge in [-0.15, -0.1) is 11.3 Å². The van der Waals surface area contributed by atoms with Crippen LogP contribution in [0, 0.1) is 5.92 Å². The van der Waals surface area contributed by atoms with E-state index in [2.05, 4.69) is 41.7 Å². The van der Waals surface area contributed by atoms with Crippen molar-refractivity contribution in [3.8, 4) is 0 Å². The molecule has 4 heteroatoms. The van der Waals surface area contributed by atoms with Crippen LogP contribution >= 0.6 is 27.3 Å². The molecule has 1 rings (SSSR count).